The highest BCUT2D eigenvalue weighted by molar-refractivity contribution is 6.07. The number of nitrogens with one attached hydrogen (secondary N) is 1. The lowest BCUT2D eigenvalue weighted by molar-refractivity contribution is -0.664. The molecule has 10 heteroatoms. The standard InChI is InChI=1S/C29H30N8O2/c1-3-14-36-22-7-5-4-6-18(22)15-23(36)29(38)34-21-9-8-19(16-24(21)39-2)26-25-27(30)32-17-33-28(25)37(35-26)20-10-12-31-13-11-20/h3-9,15-17,20,31H,1,10-14H2,2H3,(H,34,38)(H2,30,32,33)/p+1. The van der Waals surface area contributed by atoms with Gasteiger partial charge in [-0.2, -0.15) is 5.10 Å². The van der Waals surface area contributed by atoms with Gasteiger partial charge in [0.1, 0.15) is 29.3 Å². The Morgan fingerprint density at radius 1 is 1.21 bits per heavy atom. The number of ether oxygens (including phenoxy) is 1. The first-order valence-electron chi connectivity index (χ1n) is 13.1. The number of rotatable bonds is 7. The lowest BCUT2D eigenvalue weighted by Crippen LogP contribution is -2.86. The van der Waals surface area contributed by atoms with Crippen molar-refractivity contribution >= 4 is 39.3 Å². The topological polar surface area (TPSA) is 129 Å². The van der Waals surface area contributed by atoms with E-state index in [0.717, 1.165) is 53.4 Å². The zero-order chi connectivity index (χ0) is 26.9. The number of hydrogen-bond acceptors (Lipinski definition) is 6. The van der Waals surface area contributed by atoms with Gasteiger partial charge >= 0.3 is 0 Å². The Kier molecular flexibility index (Phi) is 6.45. The van der Waals surface area contributed by atoms with E-state index in [4.69, 9.17) is 15.6 Å². The molecule has 1 amide bonds. The van der Waals surface area contributed by atoms with Crippen molar-refractivity contribution in [1.82, 2.24) is 24.3 Å². The van der Waals surface area contributed by atoms with E-state index < -0.39 is 0 Å². The number of fused-ring (bicyclic) bond motifs is 2. The van der Waals surface area contributed by atoms with Crippen LogP contribution < -0.4 is 21.1 Å². The van der Waals surface area contributed by atoms with E-state index in [1.54, 1.807) is 13.2 Å². The third-order valence-electron chi connectivity index (χ3n) is 7.35. The van der Waals surface area contributed by atoms with E-state index in [9.17, 15) is 4.79 Å². The van der Waals surface area contributed by atoms with Crippen molar-refractivity contribution in [3.8, 4) is 17.0 Å². The molecule has 0 bridgehead atoms. The highest BCUT2D eigenvalue weighted by Crippen LogP contribution is 2.37. The van der Waals surface area contributed by atoms with Crippen LogP contribution in [0.25, 0.3) is 33.2 Å². The lowest BCUT2D eigenvalue weighted by Gasteiger charge is -2.21. The number of amides is 1. The van der Waals surface area contributed by atoms with Gasteiger partial charge in [-0.15, -0.1) is 6.58 Å². The van der Waals surface area contributed by atoms with Crippen LogP contribution in [0.3, 0.4) is 0 Å². The van der Waals surface area contributed by atoms with E-state index in [1.165, 1.54) is 6.33 Å². The molecule has 5 aromatic rings. The number of anilines is 2. The Bertz CT molecular complexity index is 1700. The lowest BCUT2D eigenvalue weighted by atomic mass is 10.1. The normalized spacial score (nSPS) is 14.1. The van der Waals surface area contributed by atoms with Gasteiger partial charge in [0.05, 0.1) is 37.3 Å². The Hall–Kier alpha value is -4.70. The van der Waals surface area contributed by atoms with Crippen LogP contribution in [0.5, 0.6) is 5.75 Å². The van der Waals surface area contributed by atoms with Gasteiger partial charge in [-0.25, -0.2) is 14.6 Å². The second kappa shape index (κ2) is 10.2. The van der Waals surface area contributed by atoms with E-state index in [0.29, 0.717) is 35.2 Å². The van der Waals surface area contributed by atoms with Crippen molar-refractivity contribution in [1.29, 1.82) is 0 Å². The number of carbonyl (C=O) groups is 1. The van der Waals surface area contributed by atoms with E-state index in [-0.39, 0.29) is 11.9 Å². The molecule has 5 N–H and O–H groups in total. The molecule has 198 valence electrons. The molecule has 0 unspecified atom stereocenters. The van der Waals surface area contributed by atoms with Crippen LogP contribution in [0.15, 0.2) is 67.5 Å². The summed E-state index contributed by atoms with van der Waals surface area (Å²) in [6.45, 7) is 6.47. The van der Waals surface area contributed by atoms with Gasteiger partial charge in [0.25, 0.3) is 5.91 Å². The quantitative estimate of drug-likeness (QED) is 0.281. The van der Waals surface area contributed by atoms with Crippen LogP contribution in [-0.2, 0) is 6.54 Å². The molecule has 2 aromatic carbocycles. The number of nitrogens with zero attached hydrogens (tertiary/aromatic N) is 5. The van der Waals surface area contributed by atoms with Crippen LogP contribution >= 0.6 is 0 Å². The van der Waals surface area contributed by atoms with Crippen LogP contribution in [0.1, 0.15) is 29.4 Å². The van der Waals surface area contributed by atoms with Gasteiger partial charge in [-0.05, 0) is 24.3 Å². The van der Waals surface area contributed by atoms with Crippen LogP contribution in [0, 0.1) is 0 Å². The SMILES string of the molecule is C=CCn1c(C(=O)Nc2ccc(-c3nn(C4CC[NH2+]CC4)c4ncnc(N)c34)cc2OC)cc2ccccc21. The number of carbonyl (C=O) groups excluding carboxylic acids is 1. The van der Waals surface area contributed by atoms with Crippen molar-refractivity contribution in [2.24, 2.45) is 0 Å². The molecule has 0 radical (unpaired) electrons. The number of aromatic nitrogens is 5. The number of piperidine rings is 1. The summed E-state index contributed by atoms with van der Waals surface area (Å²) >= 11 is 0. The van der Waals surface area contributed by atoms with E-state index in [1.807, 2.05) is 57.8 Å². The number of quaternary nitrogens is 1. The molecular formula is C29H31N8O2+. The van der Waals surface area contributed by atoms with Crippen LogP contribution in [0.4, 0.5) is 11.5 Å². The zero-order valence-corrected chi connectivity index (χ0v) is 21.8. The maximum Gasteiger partial charge on any atom is 0.272 e. The molecule has 6 rings (SSSR count). The van der Waals surface area contributed by atoms with Gasteiger partial charge in [0, 0.05) is 35.9 Å². The summed E-state index contributed by atoms with van der Waals surface area (Å²) in [5.74, 6) is 0.660. The van der Waals surface area contributed by atoms with Gasteiger partial charge in [-0.1, -0.05) is 30.3 Å². The second-order valence-corrected chi connectivity index (χ2v) is 9.70. The molecule has 4 heterocycles. The molecule has 1 saturated heterocycles. The van der Waals surface area contributed by atoms with Crippen molar-refractivity contribution in [3.05, 3.63) is 73.2 Å². The molecule has 39 heavy (non-hydrogen) atoms. The van der Waals surface area contributed by atoms with Crippen molar-refractivity contribution in [2.75, 3.05) is 31.2 Å². The molecule has 0 saturated carbocycles. The first-order chi connectivity index (χ1) is 19.1. The minimum Gasteiger partial charge on any atom is -0.495 e. The molecular weight excluding hydrogens is 492 g/mol. The smallest absolute Gasteiger partial charge is 0.272 e. The molecule has 0 aliphatic carbocycles. The van der Waals surface area contributed by atoms with Gasteiger partial charge in [0.15, 0.2) is 5.65 Å². The predicted molar refractivity (Wildman–Crippen MR) is 152 cm³/mol. The van der Waals surface area contributed by atoms with Gasteiger partial charge < -0.3 is 25.7 Å². The minimum atomic E-state index is -0.236. The van der Waals surface area contributed by atoms with Crippen LogP contribution in [-0.4, -0.2) is 50.4 Å². The molecule has 1 aliphatic heterocycles. The summed E-state index contributed by atoms with van der Waals surface area (Å²) in [5.41, 5.74) is 10.6. The summed E-state index contributed by atoms with van der Waals surface area (Å²) in [5, 5.41) is 12.0. The molecule has 10 nitrogen and oxygen atoms in total. The van der Waals surface area contributed by atoms with Gasteiger partial charge in [-0.3, -0.25) is 4.79 Å². The maximum absolute atomic E-state index is 13.4. The Morgan fingerprint density at radius 2 is 2.03 bits per heavy atom. The number of para-hydroxylation sites is 1. The van der Waals surface area contributed by atoms with E-state index in [2.05, 4.69) is 27.2 Å². The molecule has 0 atom stereocenters. The largest absolute Gasteiger partial charge is 0.495 e. The monoisotopic (exact) mass is 523 g/mol. The zero-order valence-electron chi connectivity index (χ0n) is 21.8. The Labute approximate surface area is 225 Å². The average molecular weight is 524 g/mol. The number of nitrogens with two attached hydrogens (primary N) is 2. The van der Waals surface area contributed by atoms with Crippen LogP contribution in [0.2, 0.25) is 0 Å². The Balaban J connectivity index is 1.37. The van der Waals surface area contributed by atoms with Crippen molar-refractivity contribution in [3.63, 3.8) is 0 Å². The number of allylic oxidation sites excluding steroid dienone is 1. The summed E-state index contributed by atoms with van der Waals surface area (Å²) in [7, 11) is 1.58. The summed E-state index contributed by atoms with van der Waals surface area (Å²) in [4.78, 5) is 22.2. The summed E-state index contributed by atoms with van der Waals surface area (Å²) in [6, 6.07) is 15.6. The molecule has 3 aromatic heterocycles. The Morgan fingerprint density at radius 3 is 2.82 bits per heavy atom. The predicted octanol–water partition coefficient (Wildman–Crippen LogP) is 3.38. The summed E-state index contributed by atoms with van der Waals surface area (Å²) < 4.78 is 9.65. The number of methoxy groups -OCH3 is 1. The van der Waals surface area contributed by atoms with Crippen molar-refractivity contribution < 1.29 is 14.8 Å². The van der Waals surface area contributed by atoms with E-state index >= 15 is 0 Å². The minimum absolute atomic E-state index is 0.236. The maximum atomic E-state index is 13.4. The third-order valence-corrected chi connectivity index (χ3v) is 7.35. The first kappa shape index (κ1) is 24.6. The average Bonchev–Trinajstić information content (AvgIpc) is 3.54. The fourth-order valence-corrected chi connectivity index (χ4v) is 5.46. The number of nitrogen functional groups attached to an aromatic ring is 1. The fourth-order valence-electron chi connectivity index (χ4n) is 5.46. The second-order valence-electron chi connectivity index (χ2n) is 9.70. The summed E-state index contributed by atoms with van der Waals surface area (Å²) in [6.07, 6.45) is 5.29. The third kappa shape index (κ3) is 4.38. The first-order valence-corrected chi connectivity index (χ1v) is 13.1. The number of hydrogen-bond donors (Lipinski definition) is 3. The molecule has 1 fully saturated rings. The highest BCUT2D eigenvalue weighted by Gasteiger charge is 2.25. The highest BCUT2D eigenvalue weighted by atomic mass is 16.5. The fraction of sp³-hybridized carbons (Fsp3) is 0.241. The molecule has 0 spiro atoms. The van der Waals surface area contributed by atoms with Crippen molar-refractivity contribution in [2.45, 2.75) is 25.4 Å². The van der Waals surface area contributed by atoms with Gasteiger partial charge in [0.2, 0.25) is 0 Å². The molecule has 1 aliphatic rings. The number of benzene rings is 2.